The summed E-state index contributed by atoms with van der Waals surface area (Å²) >= 11 is 0. The molecule has 3 heteroatoms. The van der Waals surface area contributed by atoms with Crippen LogP contribution in [0.25, 0.3) is 0 Å². The average Bonchev–Trinajstić information content (AvgIpc) is 2.09. The fourth-order valence-corrected chi connectivity index (χ4v) is 1.75. The molecule has 1 fully saturated rings. The maximum atomic E-state index is 9.69. The second-order valence-corrected chi connectivity index (χ2v) is 4.12. The first-order valence-electron chi connectivity index (χ1n) is 4.92. The van der Waals surface area contributed by atoms with Gasteiger partial charge in [0.1, 0.15) is 6.10 Å². The van der Waals surface area contributed by atoms with Crippen molar-refractivity contribution in [2.75, 3.05) is 7.11 Å². The van der Waals surface area contributed by atoms with E-state index in [1.807, 2.05) is 6.92 Å². The number of ether oxygens (including phenoxy) is 2. The largest absolute Gasteiger partial charge is 0.388 e. The van der Waals surface area contributed by atoms with Gasteiger partial charge in [0.2, 0.25) is 0 Å². The van der Waals surface area contributed by atoms with Crippen molar-refractivity contribution in [3.8, 4) is 0 Å². The Kier molecular flexibility index (Phi) is 3.71. The number of methoxy groups -OCH3 is 1. The summed E-state index contributed by atoms with van der Waals surface area (Å²) < 4.78 is 10.9. The van der Waals surface area contributed by atoms with Crippen molar-refractivity contribution in [3.63, 3.8) is 0 Å². The van der Waals surface area contributed by atoms with E-state index in [1.54, 1.807) is 7.11 Å². The van der Waals surface area contributed by atoms with Crippen LogP contribution in [0, 0.1) is 5.92 Å². The van der Waals surface area contributed by atoms with E-state index in [1.165, 1.54) is 0 Å². The van der Waals surface area contributed by atoms with E-state index in [0.29, 0.717) is 5.92 Å². The Hall–Kier alpha value is -0.120. The van der Waals surface area contributed by atoms with Gasteiger partial charge in [-0.05, 0) is 12.8 Å². The van der Waals surface area contributed by atoms with Gasteiger partial charge >= 0.3 is 0 Å². The Morgan fingerprint density at radius 1 is 1.46 bits per heavy atom. The van der Waals surface area contributed by atoms with Crippen LogP contribution in [-0.2, 0) is 9.47 Å². The van der Waals surface area contributed by atoms with E-state index < -0.39 is 6.10 Å². The van der Waals surface area contributed by atoms with Gasteiger partial charge < -0.3 is 14.6 Å². The monoisotopic (exact) mass is 188 g/mol. The van der Waals surface area contributed by atoms with Crippen molar-refractivity contribution >= 4 is 0 Å². The summed E-state index contributed by atoms with van der Waals surface area (Å²) in [5.74, 6) is 0.479. The molecule has 1 saturated heterocycles. The summed E-state index contributed by atoms with van der Waals surface area (Å²) in [5.41, 5.74) is 0. The molecule has 1 heterocycles. The number of hydrogen-bond donors (Lipinski definition) is 1. The molecule has 0 radical (unpaired) electrons. The van der Waals surface area contributed by atoms with E-state index in [-0.39, 0.29) is 18.3 Å². The Morgan fingerprint density at radius 2 is 2.08 bits per heavy atom. The molecule has 1 aliphatic heterocycles. The lowest BCUT2D eigenvalue weighted by Gasteiger charge is -2.38. The molecular weight excluding hydrogens is 168 g/mol. The molecule has 1 aliphatic rings. The molecule has 3 nitrogen and oxygen atoms in total. The smallest absolute Gasteiger partial charge is 0.106 e. The fraction of sp³-hybridized carbons (Fsp3) is 1.00. The van der Waals surface area contributed by atoms with Crippen LogP contribution >= 0.6 is 0 Å². The molecule has 0 aromatic heterocycles. The maximum absolute atomic E-state index is 9.69. The number of rotatable bonds is 2. The molecule has 13 heavy (non-hydrogen) atoms. The van der Waals surface area contributed by atoms with Crippen molar-refractivity contribution in [2.24, 2.45) is 5.92 Å². The minimum atomic E-state index is -0.486. The van der Waals surface area contributed by atoms with Gasteiger partial charge in [0, 0.05) is 13.5 Å². The highest BCUT2D eigenvalue weighted by Crippen LogP contribution is 2.26. The van der Waals surface area contributed by atoms with Crippen LogP contribution < -0.4 is 0 Å². The molecule has 0 spiro atoms. The molecule has 0 amide bonds. The summed E-state index contributed by atoms with van der Waals surface area (Å²) in [7, 11) is 1.64. The van der Waals surface area contributed by atoms with Gasteiger partial charge in [-0.25, -0.2) is 0 Å². The second kappa shape index (κ2) is 4.40. The predicted molar refractivity (Wildman–Crippen MR) is 50.6 cm³/mol. The third-order valence-electron chi connectivity index (χ3n) is 2.76. The molecule has 0 aliphatic carbocycles. The lowest BCUT2D eigenvalue weighted by atomic mass is 9.92. The highest BCUT2D eigenvalue weighted by Gasteiger charge is 2.36. The number of hydrogen-bond acceptors (Lipinski definition) is 3. The topological polar surface area (TPSA) is 38.7 Å². The molecule has 0 aromatic carbocycles. The molecule has 78 valence electrons. The molecule has 0 saturated carbocycles. The van der Waals surface area contributed by atoms with E-state index in [0.717, 1.165) is 6.42 Å². The van der Waals surface area contributed by atoms with Gasteiger partial charge in [-0.3, -0.25) is 0 Å². The Morgan fingerprint density at radius 3 is 2.54 bits per heavy atom. The molecule has 0 aromatic rings. The predicted octanol–water partition coefficient (Wildman–Crippen LogP) is 1.20. The summed E-state index contributed by atoms with van der Waals surface area (Å²) in [6.45, 7) is 6.15. The van der Waals surface area contributed by atoms with E-state index in [9.17, 15) is 5.11 Å². The van der Waals surface area contributed by atoms with Crippen LogP contribution in [0.2, 0.25) is 0 Å². The third kappa shape index (κ3) is 2.42. The van der Waals surface area contributed by atoms with Gasteiger partial charge in [0.15, 0.2) is 0 Å². The summed E-state index contributed by atoms with van der Waals surface area (Å²) in [6.07, 6.45) is 0.324. The highest BCUT2D eigenvalue weighted by molar-refractivity contribution is 4.85. The van der Waals surface area contributed by atoms with Crippen molar-refractivity contribution in [1.29, 1.82) is 0 Å². The van der Waals surface area contributed by atoms with Gasteiger partial charge in [-0.1, -0.05) is 13.8 Å². The highest BCUT2D eigenvalue weighted by atomic mass is 16.5. The number of aliphatic hydroxyl groups excluding tert-OH is 1. The molecule has 0 bridgehead atoms. The number of aliphatic hydroxyl groups is 1. The first-order valence-corrected chi connectivity index (χ1v) is 4.92. The Bertz CT molecular complexity index is 158. The Labute approximate surface area is 80.0 Å². The van der Waals surface area contributed by atoms with Crippen LogP contribution in [0.5, 0.6) is 0 Å². The zero-order chi connectivity index (χ0) is 10.0. The molecule has 1 unspecified atom stereocenters. The van der Waals surface area contributed by atoms with Crippen molar-refractivity contribution in [3.05, 3.63) is 0 Å². The third-order valence-corrected chi connectivity index (χ3v) is 2.76. The van der Waals surface area contributed by atoms with E-state index >= 15 is 0 Å². The quantitative estimate of drug-likeness (QED) is 0.707. The summed E-state index contributed by atoms with van der Waals surface area (Å²) in [5, 5.41) is 9.69. The van der Waals surface area contributed by atoms with Gasteiger partial charge in [0.05, 0.1) is 18.3 Å². The van der Waals surface area contributed by atoms with Crippen LogP contribution in [0.4, 0.5) is 0 Å². The van der Waals surface area contributed by atoms with Crippen LogP contribution in [0.15, 0.2) is 0 Å². The fourth-order valence-electron chi connectivity index (χ4n) is 1.75. The maximum Gasteiger partial charge on any atom is 0.106 e. The van der Waals surface area contributed by atoms with Crippen molar-refractivity contribution < 1.29 is 14.6 Å². The van der Waals surface area contributed by atoms with Gasteiger partial charge in [-0.2, -0.15) is 0 Å². The standard InChI is InChI=1S/C10H20O3/c1-6(2)8-5-9(12-4)10(11)7(3)13-8/h6-11H,5H2,1-4H3/t7?,8-,9+,10-/m0/s1. The van der Waals surface area contributed by atoms with Crippen molar-refractivity contribution in [1.82, 2.24) is 0 Å². The first-order chi connectivity index (χ1) is 6.06. The Balaban J connectivity index is 2.58. The molecular formula is C10H20O3. The lowest BCUT2D eigenvalue weighted by Crippen LogP contribution is -2.49. The van der Waals surface area contributed by atoms with Crippen LogP contribution in [0.1, 0.15) is 27.2 Å². The van der Waals surface area contributed by atoms with E-state index in [2.05, 4.69) is 13.8 Å². The minimum Gasteiger partial charge on any atom is -0.388 e. The molecule has 1 N–H and O–H groups in total. The van der Waals surface area contributed by atoms with Gasteiger partial charge in [-0.15, -0.1) is 0 Å². The van der Waals surface area contributed by atoms with E-state index in [4.69, 9.17) is 9.47 Å². The van der Waals surface area contributed by atoms with Crippen molar-refractivity contribution in [2.45, 2.75) is 51.6 Å². The summed E-state index contributed by atoms with van der Waals surface area (Å²) in [6, 6.07) is 0. The SMILES string of the molecule is CO[C@@H]1C[C@@H](C(C)C)OC(C)[C@@H]1O. The second-order valence-electron chi connectivity index (χ2n) is 4.12. The lowest BCUT2D eigenvalue weighted by molar-refractivity contribution is -0.179. The molecule has 1 rings (SSSR count). The first kappa shape index (κ1) is 11.0. The van der Waals surface area contributed by atoms with Gasteiger partial charge in [0.25, 0.3) is 0 Å². The van der Waals surface area contributed by atoms with Crippen LogP contribution in [0.3, 0.4) is 0 Å². The normalized spacial score (nSPS) is 41.1. The molecule has 4 atom stereocenters. The minimum absolute atomic E-state index is 0.0730. The zero-order valence-corrected chi connectivity index (χ0v) is 8.86. The summed E-state index contributed by atoms with van der Waals surface area (Å²) in [4.78, 5) is 0. The zero-order valence-electron chi connectivity index (χ0n) is 8.86. The average molecular weight is 188 g/mol. The van der Waals surface area contributed by atoms with Crippen LogP contribution in [-0.4, -0.2) is 36.6 Å².